The van der Waals surface area contributed by atoms with Gasteiger partial charge >= 0.3 is 0 Å². The summed E-state index contributed by atoms with van der Waals surface area (Å²) in [6.07, 6.45) is 3.12. The molecule has 1 N–H and O–H groups in total. The number of H-pyrrole nitrogens is 1. The van der Waals surface area contributed by atoms with Crippen LogP contribution < -0.4 is 19.8 Å². The Balaban J connectivity index is 1.33. The molecule has 34 heavy (non-hydrogen) atoms. The van der Waals surface area contributed by atoms with Crippen molar-refractivity contribution in [3.05, 3.63) is 68.3 Å². The van der Waals surface area contributed by atoms with Gasteiger partial charge in [-0.15, -0.1) is 11.3 Å². The van der Waals surface area contributed by atoms with Crippen molar-refractivity contribution in [2.24, 2.45) is 0 Å². The maximum atomic E-state index is 12.8. The van der Waals surface area contributed by atoms with Gasteiger partial charge in [0.2, 0.25) is 0 Å². The van der Waals surface area contributed by atoms with E-state index in [-0.39, 0.29) is 5.56 Å². The van der Waals surface area contributed by atoms with Gasteiger partial charge in [0.25, 0.3) is 5.56 Å². The minimum atomic E-state index is -0.0684. The fourth-order valence-electron chi connectivity index (χ4n) is 4.30. The Hall–Kier alpha value is -3.32. The molecule has 7 heteroatoms. The summed E-state index contributed by atoms with van der Waals surface area (Å²) in [5.41, 5.74) is 4.34. The zero-order valence-electron chi connectivity index (χ0n) is 19.7. The van der Waals surface area contributed by atoms with Crippen LogP contribution in [0.15, 0.2) is 41.2 Å². The molecule has 2 aromatic carbocycles. The molecule has 5 rings (SSSR count). The first-order valence-corrected chi connectivity index (χ1v) is 12.5. The van der Waals surface area contributed by atoms with Crippen molar-refractivity contribution in [2.75, 3.05) is 19.8 Å². The number of thiophene rings is 1. The average Bonchev–Trinajstić information content (AvgIpc) is 3.41. The molecule has 2 aromatic heterocycles. The fourth-order valence-corrected chi connectivity index (χ4v) is 5.56. The van der Waals surface area contributed by atoms with Gasteiger partial charge in [0.15, 0.2) is 11.5 Å². The predicted molar refractivity (Wildman–Crippen MR) is 136 cm³/mol. The second kappa shape index (κ2) is 9.50. The lowest BCUT2D eigenvalue weighted by molar-refractivity contribution is 0.208. The molecule has 0 amide bonds. The van der Waals surface area contributed by atoms with Gasteiger partial charge in [0.1, 0.15) is 29.6 Å². The van der Waals surface area contributed by atoms with Crippen LogP contribution in [0, 0.1) is 13.8 Å². The van der Waals surface area contributed by atoms with Crippen LogP contribution in [-0.4, -0.2) is 29.8 Å². The van der Waals surface area contributed by atoms with E-state index in [4.69, 9.17) is 19.2 Å². The standard InChI is InChI=1S/C27H28N2O4S/c1-4-31-22-15-18(25-28-26(30)24-20-6-5-7-23(20)34-27(24)29-25)9-11-21(22)33-13-12-32-19-10-8-16(2)17(3)14-19/h8-11,14-15H,4-7,12-13H2,1-3H3,(H,28,29,30). The normalized spacial score (nSPS) is 12.7. The van der Waals surface area contributed by atoms with Gasteiger partial charge < -0.3 is 19.2 Å². The van der Waals surface area contributed by atoms with Crippen molar-refractivity contribution in [1.82, 2.24) is 9.97 Å². The van der Waals surface area contributed by atoms with E-state index in [1.807, 2.05) is 37.3 Å². The van der Waals surface area contributed by atoms with Crippen molar-refractivity contribution in [1.29, 1.82) is 0 Å². The lowest BCUT2D eigenvalue weighted by atomic mass is 10.1. The zero-order valence-corrected chi connectivity index (χ0v) is 20.5. The van der Waals surface area contributed by atoms with Crippen molar-refractivity contribution in [3.8, 4) is 28.6 Å². The van der Waals surface area contributed by atoms with E-state index in [0.717, 1.165) is 40.8 Å². The van der Waals surface area contributed by atoms with Gasteiger partial charge in [0, 0.05) is 10.4 Å². The van der Waals surface area contributed by atoms with E-state index in [2.05, 4.69) is 24.9 Å². The highest BCUT2D eigenvalue weighted by molar-refractivity contribution is 7.18. The maximum Gasteiger partial charge on any atom is 0.260 e. The summed E-state index contributed by atoms with van der Waals surface area (Å²) in [6, 6.07) is 11.7. The molecule has 1 aliphatic carbocycles. The Morgan fingerprint density at radius 3 is 2.65 bits per heavy atom. The van der Waals surface area contributed by atoms with Crippen LogP contribution in [0.2, 0.25) is 0 Å². The molecule has 6 nitrogen and oxygen atoms in total. The topological polar surface area (TPSA) is 73.4 Å². The van der Waals surface area contributed by atoms with Gasteiger partial charge in [0.05, 0.1) is 12.0 Å². The van der Waals surface area contributed by atoms with Crippen LogP contribution in [0.1, 0.15) is 34.9 Å². The highest BCUT2D eigenvalue weighted by atomic mass is 32.1. The molecule has 0 unspecified atom stereocenters. The first kappa shape index (κ1) is 22.5. The largest absolute Gasteiger partial charge is 0.490 e. The van der Waals surface area contributed by atoms with Gasteiger partial charge in [-0.1, -0.05) is 6.07 Å². The molecule has 1 aliphatic rings. The number of nitrogens with zero attached hydrogens (tertiary/aromatic N) is 1. The van der Waals surface area contributed by atoms with E-state index in [0.29, 0.717) is 37.1 Å². The smallest absolute Gasteiger partial charge is 0.260 e. The van der Waals surface area contributed by atoms with Gasteiger partial charge in [-0.25, -0.2) is 4.98 Å². The van der Waals surface area contributed by atoms with E-state index in [1.54, 1.807) is 11.3 Å². The number of hydrogen-bond acceptors (Lipinski definition) is 6. The summed E-state index contributed by atoms with van der Waals surface area (Å²) in [6.45, 7) is 7.38. The SMILES string of the molecule is CCOc1cc(-c2nc3sc4c(c3c(=O)[nH]2)CCC4)ccc1OCCOc1ccc(C)c(C)c1. The highest BCUT2D eigenvalue weighted by Gasteiger charge is 2.21. The lowest BCUT2D eigenvalue weighted by Gasteiger charge is -2.14. The quantitative estimate of drug-likeness (QED) is 0.335. The Labute approximate surface area is 202 Å². The lowest BCUT2D eigenvalue weighted by Crippen LogP contribution is -2.11. The van der Waals surface area contributed by atoms with Crippen LogP contribution in [0.25, 0.3) is 21.6 Å². The number of fused-ring (bicyclic) bond motifs is 3. The van der Waals surface area contributed by atoms with Gasteiger partial charge in [-0.05, 0) is 87.1 Å². The Bertz CT molecular complexity index is 1410. The third-order valence-corrected chi connectivity index (χ3v) is 7.37. The fraction of sp³-hybridized carbons (Fsp3) is 0.333. The summed E-state index contributed by atoms with van der Waals surface area (Å²) in [4.78, 5) is 22.7. The van der Waals surface area contributed by atoms with Gasteiger partial charge in [-0.2, -0.15) is 0 Å². The minimum Gasteiger partial charge on any atom is -0.490 e. The number of ether oxygens (including phenoxy) is 3. The van der Waals surface area contributed by atoms with Crippen molar-refractivity contribution in [2.45, 2.75) is 40.0 Å². The number of hydrogen-bond donors (Lipinski definition) is 1. The summed E-state index contributed by atoms with van der Waals surface area (Å²) in [5, 5.41) is 0.759. The third kappa shape index (κ3) is 4.40. The van der Waals surface area contributed by atoms with Crippen LogP contribution in [-0.2, 0) is 12.8 Å². The average molecular weight is 477 g/mol. The van der Waals surface area contributed by atoms with Crippen LogP contribution in [0.4, 0.5) is 0 Å². The molecule has 0 radical (unpaired) electrons. The van der Waals surface area contributed by atoms with Crippen molar-refractivity contribution >= 4 is 21.6 Å². The number of nitrogens with one attached hydrogen (secondary N) is 1. The number of aryl methyl sites for hydroxylation is 4. The van der Waals surface area contributed by atoms with Crippen LogP contribution in [0.5, 0.6) is 17.2 Å². The summed E-state index contributed by atoms with van der Waals surface area (Å²) >= 11 is 1.64. The van der Waals surface area contributed by atoms with E-state index < -0.39 is 0 Å². The number of rotatable bonds is 8. The van der Waals surface area contributed by atoms with Crippen LogP contribution >= 0.6 is 11.3 Å². The maximum absolute atomic E-state index is 12.8. The Morgan fingerprint density at radius 2 is 1.82 bits per heavy atom. The predicted octanol–water partition coefficient (Wildman–Crippen LogP) is 5.61. The zero-order chi connectivity index (χ0) is 23.7. The van der Waals surface area contributed by atoms with E-state index in [9.17, 15) is 4.79 Å². The highest BCUT2D eigenvalue weighted by Crippen LogP contribution is 2.36. The molecule has 0 atom stereocenters. The molecular formula is C27H28N2O4S. The van der Waals surface area contributed by atoms with Crippen molar-refractivity contribution < 1.29 is 14.2 Å². The molecule has 0 saturated heterocycles. The summed E-state index contributed by atoms with van der Waals surface area (Å²) in [7, 11) is 0. The summed E-state index contributed by atoms with van der Waals surface area (Å²) < 4.78 is 17.6. The number of benzene rings is 2. The molecule has 0 fully saturated rings. The number of aromatic amines is 1. The molecule has 176 valence electrons. The molecule has 0 spiro atoms. The molecule has 0 aliphatic heterocycles. The molecule has 0 saturated carbocycles. The van der Waals surface area contributed by atoms with E-state index in [1.165, 1.54) is 21.6 Å². The van der Waals surface area contributed by atoms with Crippen LogP contribution in [0.3, 0.4) is 0 Å². The molecule has 0 bridgehead atoms. The number of aromatic nitrogens is 2. The molecule has 2 heterocycles. The van der Waals surface area contributed by atoms with Crippen molar-refractivity contribution in [3.63, 3.8) is 0 Å². The Kier molecular flexibility index (Phi) is 6.28. The Morgan fingerprint density at radius 1 is 0.971 bits per heavy atom. The van der Waals surface area contributed by atoms with E-state index >= 15 is 0 Å². The first-order valence-electron chi connectivity index (χ1n) is 11.7. The molecule has 4 aromatic rings. The minimum absolute atomic E-state index is 0.0684. The molecular weight excluding hydrogens is 448 g/mol. The third-order valence-electron chi connectivity index (χ3n) is 6.18. The first-order chi connectivity index (χ1) is 16.5. The van der Waals surface area contributed by atoms with Gasteiger partial charge in [-0.3, -0.25) is 4.79 Å². The monoisotopic (exact) mass is 476 g/mol. The second-order valence-electron chi connectivity index (χ2n) is 8.49. The summed E-state index contributed by atoms with van der Waals surface area (Å²) in [5.74, 6) is 2.62. The second-order valence-corrected chi connectivity index (χ2v) is 9.57.